The Balaban J connectivity index is 1.88. The van der Waals surface area contributed by atoms with Crippen molar-refractivity contribution in [3.05, 3.63) is 92.7 Å². The fourth-order valence-corrected chi connectivity index (χ4v) is 3.20. The third-order valence-corrected chi connectivity index (χ3v) is 5.10. The molecule has 0 spiro atoms. The highest BCUT2D eigenvalue weighted by atomic mass is 79.9. The summed E-state index contributed by atoms with van der Waals surface area (Å²) in [6.45, 7) is 0.270. The molecule has 0 saturated carbocycles. The van der Waals surface area contributed by atoms with E-state index in [2.05, 4.69) is 22.0 Å². The number of nitriles is 1. The van der Waals surface area contributed by atoms with Crippen LogP contribution in [0.4, 0.5) is 4.39 Å². The van der Waals surface area contributed by atoms with E-state index in [1.165, 1.54) is 12.1 Å². The van der Waals surface area contributed by atoms with E-state index in [9.17, 15) is 9.65 Å². The monoisotopic (exact) mass is 471 g/mol. The van der Waals surface area contributed by atoms with Crippen LogP contribution in [0.15, 0.2) is 65.1 Å². The summed E-state index contributed by atoms with van der Waals surface area (Å²) in [6, 6.07) is 19.0. The summed E-state index contributed by atoms with van der Waals surface area (Å²) >= 11 is 9.45. The van der Waals surface area contributed by atoms with Crippen molar-refractivity contribution in [2.24, 2.45) is 0 Å². The minimum Gasteiger partial charge on any atom is -0.493 e. The molecule has 3 aromatic rings. The number of rotatable bonds is 6. The number of nitrogens with zero attached hydrogens (tertiary/aromatic N) is 1. The van der Waals surface area contributed by atoms with Crippen LogP contribution in [0.2, 0.25) is 5.02 Å². The summed E-state index contributed by atoms with van der Waals surface area (Å²) < 4.78 is 25.1. The number of benzene rings is 3. The summed E-state index contributed by atoms with van der Waals surface area (Å²) in [7, 11) is 1.55. The normalized spacial score (nSPS) is 11.1. The maximum absolute atomic E-state index is 13.0. The Morgan fingerprint density at radius 2 is 1.79 bits per heavy atom. The summed E-state index contributed by atoms with van der Waals surface area (Å²) in [5, 5.41) is 10.2. The second kappa shape index (κ2) is 9.60. The summed E-state index contributed by atoms with van der Waals surface area (Å²) in [5.74, 6) is 0.764. The fourth-order valence-electron chi connectivity index (χ4n) is 2.64. The van der Waals surface area contributed by atoms with E-state index >= 15 is 0 Å². The molecular formula is C23H16BrClFNO2. The number of methoxy groups -OCH3 is 1. The van der Waals surface area contributed by atoms with E-state index in [1.54, 1.807) is 61.7 Å². The molecule has 0 unspecified atom stereocenters. The molecule has 0 aliphatic carbocycles. The Bertz CT molecular complexity index is 1070. The lowest BCUT2D eigenvalue weighted by molar-refractivity contribution is 0.284. The topological polar surface area (TPSA) is 42.2 Å². The first kappa shape index (κ1) is 20.9. The van der Waals surface area contributed by atoms with Gasteiger partial charge >= 0.3 is 0 Å². The highest BCUT2D eigenvalue weighted by Gasteiger charge is 2.11. The van der Waals surface area contributed by atoms with Crippen molar-refractivity contribution < 1.29 is 13.9 Å². The van der Waals surface area contributed by atoms with Gasteiger partial charge in [-0.1, -0.05) is 51.8 Å². The van der Waals surface area contributed by atoms with Crippen LogP contribution in [0.3, 0.4) is 0 Å². The molecule has 3 aromatic carbocycles. The van der Waals surface area contributed by atoms with Crippen molar-refractivity contribution in [2.75, 3.05) is 7.11 Å². The van der Waals surface area contributed by atoms with Crippen LogP contribution in [0.25, 0.3) is 11.6 Å². The molecule has 0 fully saturated rings. The highest BCUT2D eigenvalue weighted by molar-refractivity contribution is 9.10. The van der Waals surface area contributed by atoms with Crippen molar-refractivity contribution in [1.29, 1.82) is 5.26 Å². The first-order chi connectivity index (χ1) is 14.0. The molecular weight excluding hydrogens is 457 g/mol. The van der Waals surface area contributed by atoms with Crippen LogP contribution in [0.1, 0.15) is 16.7 Å². The standard InChI is InChI=1S/C23H16BrClFNO2/c1-28-22-11-17(10-18(13-27)16-4-6-19(25)7-5-16)21(24)12-23(22)29-14-15-2-8-20(26)9-3-15/h2-12H,14H2,1H3. The minimum atomic E-state index is -0.292. The zero-order valence-electron chi connectivity index (χ0n) is 15.5. The SMILES string of the molecule is COc1cc(C=C(C#N)c2ccc(Cl)cc2)c(Br)cc1OCc1ccc(F)cc1. The quantitative estimate of drug-likeness (QED) is 0.290. The average molecular weight is 473 g/mol. The van der Waals surface area contributed by atoms with Crippen molar-refractivity contribution in [2.45, 2.75) is 6.61 Å². The maximum Gasteiger partial charge on any atom is 0.162 e. The predicted octanol–water partition coefficient (Wildman–Crippen LogP) is 6.89. The first-order valence-electron chi connectivity index (χ1n) is 8.62. The molecule has 0 aliphatic rings. The lowest BCUT2D eigenvalue weighted by Crippen LogP contribution is -1.98. The lowest BCUT2D eigenvalue weighted by Gasteiger charge is -2.13. The van der Waals surface area contributed by atoms with Crippen LogP contribution >= 0.6 is 27.5 Å². The summed E-state index contributed by atoms with van der Waals surface area (Å²) in [5.41, 5.74) is 2.86. The second-order valence-electron chi connectivity index (χ2n) is 6.12. The van der Waals surface area contributed by atoms with E-state index in [-0.39, 0.29) is 12.4 Å². The van der Waals surface area contributed by atoms with Gasteiger partial charge in [0.2, 0.25) is 0 Å². The van der Waals surface area contributed by atoms with E-state index in [0.717, 1.165) is 21.2 Å². The number of ether oxygens (including phenoxy) is 2. The third kappa shape index (κ3) is 5.38. The third-order valence-electron chi connectivity index (χ3n) is 4.17. The fraction of sp³-hybridized carbons (Fsp3) is 0.0870. The van der Waals surface area contributed by atoms with Crippen LogP contribution < -0.4 is 9.47 Å². The second-order valence-corrected chi connectivity index (χ2v) is 7.41. The number of allylic oxidation sites excluding steroid dienone is 1. The van der Waals surface area contributed by atoms with Crippen LogP contribution in [-0.2, 0) is 6.61 Å². The molecule has 0 bridgehead atoms. The summed E-state index contributed by atoms with van der Waals surface area (Å²) in [4.78, 5) is 0. The predicted molar refractivity (Wildman–Crippen MR) is 116 cm³/mol. The molecule has 0 saturated heterocycles. The van der Waals surface area contributed by atoms with Gasteiger partial charge in [-0.2, -0.15) is 5.26 Å². The molecule has 0 N–H and O–H groups in total. The van der Waals surface area contributed by atoms with E-state index < -0.39 is 0 Å². The average Bonchev–Trinajstić information content (AvgIpc) is 2.73. The van der Waals surface area contributed by atoms with Crippen molar-refractivity contribution in [3.8, 4) is 17.6 Å². The van der Waals surface area contributed by atoms with Gasteiger partial charge in [0.05, 0.1) is 18.8 Å². The molecule has 0 radical (unpaired) electrons. The van der Waals surface area contributed by atoms with Crippen LogP contribution in [0.5, 0.6) is 11.5 Å². The Morgan fingerprint density at radius 3 is 2.41 bits per heavy atom. The number of hydrogen-bond acceptors (Lipinski definition) is 3. The van der Waals surface area contributed by atoms with E-state index in [4.69, 9.17) is 21.1 Å². The minimum absolute atomic E-state index is 0.270. The molecule has 6 heteroatoms. The lowest BCUT2D eigenvalue weighted by atomic mass is 10.0. The molecule has 0 aliphatic heterocycles. The van der Waals surface area contributed by atoms with Gasteiger partial charge in [0.15, 0.2) is 11.5 Å². The largest absolute Gasteiger partial charge is 0.493 e. The molecule has 29 heavy (non-hydrogen) atoms. The Kier molecular flexibility index (Phi) is 6.92. The molecule has 3 rings (SSSR count). The van der Waals surface area contributed by atoms with E-state index in [1.807, 2.05) is 0 Å². The van der Waals surface area contributed by atoms with Gasteiger partial charge in [0, 0.05) is 9.50 Å². The van der Waals surface area contributed by atoms with Crippen molar-refractivity contribution >= 4 is 39.2 Å². The van der Waals surface area contributed by atoms with Gasteiger partial charge in [-0.05, 0) is 59.2 Å². The Hall–Kier alpha value is -2.81. The zero-order valence-corrected chi connectivity index (χ0v) is 17.8. The maximum atomic E-state index is 13.0. The van der Waals surface area contributed by atoms with Gasteiger partial charge in [-0.3, -0.25) is 0 Å². The smallest absolute Gasteiger partial charge is 0.162 e. The van der Waals surface area contributed by atoms with Crippen LogP contribution in [-0.4, -0.2) is 7.11 Å². The molecule has 0 heterocycles. The first-order valence-corrected chi connectivity index (χ1v) is 9.80. The van der Waals surface area contributed by atoms with Crippen LogP contribution in [0, 0.1) is 17.1 Å². The Morgan fingerprint density at radius 1 is 1.10 bits per heavy atom. The van der Waals surface area contributed by atoms with Gasteiger partial charge in [-0.15, -0.1) is 0 Å². The van der Waals surface area contributed by atoms with Gasteiger partial charge in [0.25, 0.3) is 0 Å². The number of hydrogen-bond donors (Lipinski definition) is 0. The Labute approximate surface area is 182 Å². The van der Waals surface area contributed by atoms with E-state index in [0.29, 0.717) is 22.1 Å². The highest BCUT2D eigenvalue weighted by Crippen LogP contribution is 2.36. The van der Waals surface area contributed by atoms with Gasteiger partial charge < -0.3 is 9.47 Å². The number of halogens is 3. The molecule has 0 amide bonds. The van der Waals surface area contributed by atoms with Crippen molar-refractivity contribution in [1.82, 2.24) is 0 Å². The molecule has 0 aromatic heterocycles. The van der Waals surface area contributed by atoms with Gasteiger partial charge in [-0.25, -0.2) is 4.39 Å². The zero-order chi connectivity index (χ0) is 20.8. The molecule has 146 valence electrons. The molecule has 3 nitrogen and oxygen atoms in total. The van der Waals surface area contributed by atoms with Gasteiger partial charge in [0.1, 0.15) is 12.4 Å². The summed E-state index contributed by atoms with van der Waals surface area (Å²) in [6.07, 6.45) is 1.76. The van der Waals surface area contributed by atoms with Crippen molar-refractivity contribution in [3.63, 3.8) is 0 Å². The molecule has 0 atom stereocenters.